The minimum Gasteiger partial charge on any atom is -0.484 e. The molecule has 2 aliphatic heterocycles. The van der Waals surface area contributed by atoms with Crippen LogP contribution in [0.1, 0.15) is 77.4 Å². The van der Waals surface area contributed by atoms with Crippen LogP contribution >= 0.6 is 0 Å². The summed E-state index contributed by atoms with van der Waals surface area (Å²) in [5.41, 5.74) is -1.68. The number of aliphatic hydroxyl groups is 2. The monoisotopic (exact) mass is 523 g/mol. The lowest BCUT2D eigenvalue weighted by Crippen LogP contribution is -2.72. The molecule has 8 nitrogen and oxygen atoms in total. The van der Waals surface area contributed by atoms with Gasteiger partial charge in [0.15, 0.2) is 5.79 Å². The van der Waals surface area contributed by atoms with Gasteiger partial charge < -0.3 is 28.8 Å². The molecule has 0 unspecified atom stereocenters. The highest BCUT2D eigenvalue weighted by Gasteiger charge is 2.70. The van der Waals surface area contributed by atoms with Crippen molar-refractivity contribution in [1.82, 2.24) is 4.98 Å². The Kier molecular flexibility index (Phi) is 5.30. The number of ether oxygens (including phenoxy) is 3. The Morgan fingerprint density at radius 3 is 2.61 bits per heavy atom. The summed E-state index contributed by atoms with van der Waals surface area (Å²) >= 11 is 0. The van der Waals surface area contributed by atoms with Gasteiger partial charge >= 0.3 is 5.63 Å². The van der Waals surface area contributed by atoms with Gasteiger partial charge in [0.2, 0.25) is 0 Å². The number of nitrogens with zero attached hydrogens (tertiary/aromatic N) is 1. The van der Waals surface area contributed by atoms with Crippen LogP contribution < -0.4 is 10.4 Å². The highest BCUT2D eigenvalue weighted by Crippen LogP contribution is 2.68. The van der Waals surface area contributed by atoms with Gasteiger partial charge in [-0.25, -0.2) is 4.79 Å². The molecule has 3 aliphatic carbocycles. The second-order valence-corrected chi connectivity index (χ2v) is 13.0. The number of hydrogen-bond donors (Lipinski definition) is 2. The summed E-state index contributed by atoms with van der Waals surface area (Å²) in [4.78, 5) is 17.4. The van der Waals surface area contributed by atoms with Gasteiger partial charge in [-0.2, -0.15) is 0 Å². The smallest absolute Gasteiger partial charge is 0.345 e. The molecular formula is C30H37NO7. The Hall–Kier alpha value is -2.26. The average Bonchev–Trinajstić information content (AvgIpc) is 3.34. The minimum absolute atomic E-state index is 0.0158. The summed E-state index contributed by atoms with van der Waals surface area (Å²) in [5, 5.41) is 23.6. The van der Waals surface area contributed by atoms with Crippen molar-refractivity contribution in [2.45, 2.75) is 95.4 Å². The Labute approximate surface area is 222 Å². The van der Waals surface area contributed by atoms with E-state index < -0.39 is 40.6 Å². The van der Waals surface area contributed by atoms with Crippen LogP contribution in [0.25, 0.3) is 11.3 Å². The van der Waals surface area contributed by atoms with Crippen molar-refractivity contribution in [3.8, 4) is 17.1 Å². The van der Waals surface area contributed by atoms with Crippen molar-refractivity contribution >= 4 is 0 Å². The van der Waals surface area contributed by atoms with E-state index in [2.05, 4.69) is 18.8 Å². The SMILES string of the molecule is C[C@@]12COC3(CCCC3)O[C@H]1CC[C@@]1(C)[C@H]2C[C@H](O)[C@@]2(C)Oc3cc(-c4cccnc4)oc(=O)c3[C@H](O)[C@H]12. The molecule has 8 atom stereocenters. The molecule has 2 N–H and O–H groups in total. The van der Waals surface area contributed by atoms with Crippen molar-refractivity contribution in [2.24, 2.45) is 22.7 Å². The topological polar surface area (TPSA) is 111 Å². The number of pyridine rings is 1. The molecule has 1 spiro atoms. The first-order valence-corrected chi connectivity index (χ1v) is 14.1. The Morgan fingerprint density at radius 1 is 1.08 bits per heavy atom. The van der Waals surface area contributed by atoms with Crippen molar-refractivity contribution in [3.05, 3.63) is 46.6 Å². The summed E-state index contributed by atoms with van der Waals surface area (Å²) in [5.74, 6) is -0.377. The van der Waals surface area contributed by atoms with E-state index in [-0.39, 0.29) is 28.7 Å². The van der Waals surface area contributed by atoms with Gasteiger partial charge in [0.05, 0.1) is 24.9 Å². The van der Waals surface area contributed by atoms with E-state index in [4.69, 9.17) is 18.6 Å². The van der Waals surface area contributed by atoms with E-state index in [1.807, 2.05) is 6.92 Å². The molecule has 4 fully saturated rings. The van der Waals surface area contributed by atoms with Gasteiger partial charge in [-0.15, -0.1) is 0 Å². The maximum atomic E-state index is 13.3. The Bertz CT molecular complexity index is 1310. The van der Waals surface area contributed by atoms with E-state index in [0.717, 1.165) is 38.5 Å². The summed E-state index contributed by atoms with van der Waals surface area (Å²) in [6.07, 6.45) is 7.57. The predicted molar refractivity (Wildman–Crippen MR) is 137 cm³/mol. The Morgan fingerprint density at radius 2 is 1.87 bits per heavy atom. The molecular weight excluding hydrogens is 486 g/mol. The van der Waals surface area contributed by atoms with Gasteiger partial charge in [-0.05, 0) is 62.5 Å². The second kappa shape index (κ2) is 8.13. The minimum atomic E-state index is -1.14. The summed E-state index contributed by atoms with van der Waals surface area (Å²) in [6, 6.07) is 5.20. The molecule has 7 rings (SSSR count). The maximum absolute atomic E-state index is 13.3. The van der Waals surface area contributed by atoms with Crippen LogP contribution in [0, 0.1) is 22.7 Å². The van der Waals surface area contributed by atoms with E-state index in [1.54, 1.807) is 30.6 Å². The van der Waals surface area contributed by atoms with Crippen LogP contribution in [-0.2, 0) is 9.47 Å². The second-order valence-electron chi connectivity index (χ2n) is 13.0. The summed E-state index contributed by atoms with van der Waals surface area (Å²) < 4.78 is 25.4. The van der Waals surface area contributed by atoms with Gasteiger partial charge in [0, 0.05) is 48.2 Å². The van der Waals surface area contributed by atoms with E-state index in [9.17, 15) is 15.0 Å². The zero-order valence-electron chi connectivity index (χ0n) is 22.3. The fraction of sp³-hybridized carbons (Fsp3) is 0.667. The van der Waals surface area contributed by atoms with Crippen LogP contribution in [0.2, 0.25) is 0 Å². The normalized spacial score (nSPS) is 42.9. The van der Waals surface area contributed by atoms with E-state index >= 15 is 0 Å². The number of fused-ring (bicyclic) bond motifs is 6. The molecule has 0 amide bonds. The summed E-state index contributed by atoms with van der Waals surface area (Å²) in [6.45, 7) is 6.86. The third-order valence-corrected chi connectivity index (χ3v) is 10.9. The third-order valence-electron chi connectivity index (χ3n) is 10.9. The quantitative estimate of drug-likeness (QED) is 0.567. The highest BCUT2D eigenvalue weighted by atomic mass is 16.7. The molecule has 3 saturated carbocycles. The molecule has 4 heterocycles. The van der Waals surface area contributed by atoms with Crippen LogP contribution in [0.3, 0.4) is 0 Å². The molecule has 8 heteroatoms. The van der Waals surface area contributed by atoms with Gasteiger partial charge in [0.1, 0.15) is 22.7 Å². The molecule has 2 aromatic heterocycles. The van der Waals surface area contributed by atoms with Crippen LogP contribution in [0.5, 0.6) is 5.75 Å². The first kappa shape index (κ1) is 24.8. The number of hydrogen-bond acceptors (Lipinski definition) is 8. The van der Waals surface area contributed by atoms with Gasteiger partial charge in [-0.3, -0.25) is 4.98 Å². The third kappa shape index (κ3) is 3.23. The average molecular weight is 524 g/mol. The molecule has 5 aliphatic rings. The molecule has 204 valence electrons. The molecule has 1 saturated heterocycles. The predicted octanol–water partition coefficient (Wildman–Crippen LogP) is 4.38. The fourth-order valence-corrected chi connectivity index (χ4v) is 8.99. The van der Waals surface area contributed by atoms with Crippen LogP contribution in [0.15, 0.2) is 39.8 Å². The van der Waals surface area contributed by atoms with E-state index in [1.165, 1.54) is 0 Å². The highest BCUT2D eigenvalue weighted by molar-refractivity contribution is 5.59. The van der Waals surface area contributed by atoms with E-state index in [0.29, 0.717) is 24.4 Å². The molecule has 0 bridgehead atoms. The molecule has 0 radical (unpaired) electrons. The summed E-state index contributed by atoms with van der Waals surface area (Å²) in [7, 11) is 0. The molecule has 0 aromatic carbocycles. The van der Waals surface area contributed by atoms with Crippen LogP contribution in [0.4, 0.5) is 0 Å². The zero-order chi connectivity index (χ0) is 26.5. The number of aromatic nitrogens is 1. The lowest BCUT2D eigenvalue weighted by atomic mass is 9.42. The molecule has 2 aromatic rings. The zero-order valence-corrected chi connectivity index (χ0v) is 22.3. The standard InChI is InChI=1S/C30H37NO7/c1-27-11-8-22-28(2,16-35-30(38-22)9-4-5-10-30)20(27)14-21(32)29(3)25(27)24(33)23-19(37-29)13-18(36-26(23)34)17-7-6-12-31-15-17/h6-7,12-13,15,20-22,24-25,32-33H,4-5,8-11,14,16H2,1-3H3/t20-,21+,22+,24+,25-,27+,28+,29-/m1/s1. The molecule has 38 heavy (non-hydrogen) atoms. The van der Waals surface area contributed by atoms with Crippen molar-refractivity contribution in [1.29, 1.82) is 0 Å². The van der Waals surface area contributed by atoms with Gasteiger partial charge in [0.25, 0.3) is 0 Å². The first-order valence-electron chi connectivity index (χ1n) is 14.1. The largest absolute Gasteiger partial charge is 0.484 e. The number of aliphatic hydroxyl groups excluding tert-OH is 2. The number of rotatable bonds is 1. The van der Waals surface area contributed by atoms with Crippen molar-refractivity contribution < 1.29 is 28.8 Å². The lowest BCUT2D eigenvalue weighted by Gasteiger charge is -2.68. The Balaban J connectivity index is 1.28. The fourth-order valence-electron chi connectivity index (χ4n) is 8.99. The van der Waals surface area contributed by atoms with Crippen molar-refractivity contribution in [2.75, 3.05) is 6.61 Å². The first-order chi connectivity index (χ1) is 18.1. The van der Waals surface area contributed by atoms with Crippen LogP contribution in [-0.4, -0.2) is 45.4 Å². The van der Waals surface area contributed by atoms with Gasteiger partial charge in [-0.1, -0.05) is 13.8 Å². The lowest BCUT2D eigenvalue weighted by molar-refractivity contribution is -0.367. The van der Waals surface area contributed by atoms with Crippen molar-refractivity contribution in [3.63, 3.8) is 0 Å². The maximum Gasteiger partial charge on any atom is 0.345 e.